The largest absolute Gasteiger partial charge is 0.507 e. The van der Waals surface area contributed by atoms with Crippen LogP contribution in [-0.4, -0.2) is 17.4 Å². The van der Waals surface area contributed by atoms with E-state index in [0.29, 0.717) is 11.7 Å². The van der Waals surface area contributed by atoms with Crippen LogP contribution in [0.2, 0.25) is 0 Å². The Morgan fingerprint density at radius 3 is 2.85 bits per heavy atom. The summed E-state index contributed by atoms with van der Waals surface area (Å²) >= 11 is 0. The maximum Gasteiger partial charge on any atom is 0.124 e. The van der Waals surface area contributed by atoms with E-state index in [1.54, 1.807) is 6.07 Å². The van der Waals surface area contributed by atoms with E-state index >= 15 is 0 Å². The highest BCUT2D eigenvalue weighted by Gasteiger charge is 2.19. The molecule has 1 aliphatic heterocycles. The molecule has 3 nitrogen and oxygen atoms in total. The Hall–Kier alpha value is -1.51. The third-order valence-corrected chi connectivity index (χ3v) is 2.24. The maximum atomic E-state index is 9.58. The van der Waals surface area contributed by atoms with Gasteiger partial charge in [-0.25, -0.2) is 0 Å². The van der Waals surface area contributed by atoms with E-state index in [4.69, 9.17) is 0 Å². The normalized spacial score (nSPS) is 21.0. The predicted octanol–water partition coefficient (Wildman–Crippen LogP) is 1.34. The molecule has 0 aromatic heterocycles. The first-order valence-electron chi connectivity index (χ1n) is 4.38. The molecular weight excluding hydrogens is 164 g/mol. The van der Waals surface area contributed by atoms with Crippen LogP contribution < -0.4 is 5.43 Å². The first-order chi connectivity index (χ1) is 6.29. The van der Waals surface area contributed by atoms with Crippen molar-refractivity contribution in [1.82, 2.24) is 5.43 Å². The van der Waals surface area contributed by atoms with E-state index in [9.17, 15) is 5.11 Å². The Balaban J connectivity index is 2.40. The monoisotopic (exact) mass is 176 g/mol. The van der Waals surface area contributed by atoms with E-state index in [1.807, 2.05) is 18.2 Å². The highest BCUT2D eigenvalue weighted by atomic mass is 16.3. The maximum absolute atomic E-state index is 9.58. The molecule has 0 radical (unpaired) electrons. The molecule has 1 aromatic carbocycles. The fraction of sp³-hybridized carbons (Fsp3) is 0.300. The Morgan fingerprint density at radius 1 is 1.46 bits per heavy atom. The van der Waals surface area contributed by atoms with Crippen molar-refractivity contribution in [3.8, 4) is 5.75 Å². The van der Waals surface area contributed by atoms with Gasteiger partial charge in [0, 0.05) is 18.0 Å². The van der Waals surface area contributed by atoms with E-state index in [2.05, 4.69) is 17.5 Å². The summed E-state index contributed by atoms with van der Waals surface area (Å²) in [6.07, 6.45) is 0. The van der Waals surface area contributed by atoms with Crippen LogP contribution in [-0.2, 0) is 0 Å². The second-order valence-corrected chi connectivity index (χ2v) is 3.28. The Bertz CT molecular complexity index is 347. The smallest absolute Gasteiger partial charge is 0.124 e. The fourth-order valence-corrected chi connectivity index (χ4v) is 1.49. The second-order valence-electron chi connectivity index (χ2n) is 3.28. The molecule has 0 amide bonds. The molecule has 0 fully saturated rings. The topological polar surface area (TPSA) is 44.6 Å². The highest BCUT2D eigenvalue weighted by Crippen LogP contribution is 2.21. The van der Waals surface area contributed by atoms with Crippen LogP contribution in [0.3, 0.4) is 0 Å². The molecule has 2 rings (SSSR count). The van der Waals surface area contributed by atoms with Crippen molar-refractivity contribution in [3.63, 3.8) is 0 Å². The number of nitrogens with zero attached hydrogens (tertiary/aromatic N) is 1. The predicted molar refractivity (Wildman–Crippen MR) is 51.8 cm³/mol. The second kappa shape index (κ2) is 3.09. The van der Waals surface area contributed by atoms with Crippen molar-refractivity contribution in [2.24, 2.45) is 11.0 Å². The lowest BCUT2D eigenvalue weighted by Crippen LogP contribution is -2.12. The summed E-state index contributed by atoms with van der Waals surface area (Å²) in [5.74, 6) is 0.671. The summed E-state index contributed by atoms with van der Waals surface area (Å²) in [5, 5.41) is 13.7. The van der Waals surface area contributed by atoms with Crippen LogP contribution in [0.15, 0.2) is 29.4 Å². The molecule has 1 atom stereocenters. The Kier molecular flexibility index (Phi) is 1.93. The number of hydrazone groups is 1. The average Bonchev–Trinajstić information content (AvgIpc) is 2.52. The molecule has 2 N–H and O–H groups in total. The zero-order valence-corrected chi connectivity index (χ0v) is 7.49. The van der Waals surface area contributed by atoms with Gasteiger partial charge in [0.25, 0.3) is 0 Å². The van der Waals surface area contributed by atoms with Crippen molar-refractivity contribution >= 4 is 5.71 Å². The van der Waals surface area contributed by atoms with Gasteiger partial charge in [0.05, 0.1) is 5.71 Å². The molecular formula is C10H12N2O. The van der Waals surface area contributed by atoms with E-state index in [0.717, 1.165) is 17.8 Å². The SMILES string of the molecule is C[C@@H]1CNN=C1c1ccccc1O. The number of rotatable bonds is 1. The van der Waals surface area contributed by atoms with Crippen molar-refractivity contribution in [2.45, 2.75) is 6.92 Å². The molecule has 13 heavy (non-hydrogen) atoms. The van der Waals surface area contributed by atoms with Gasteiger partial charge in [-0.15, -0.1) is 0 Å². The summed E-state index contributed by atoms with van der Waals surface area (Å²) in [6, 6.07) is 7.29. The molecule has 0 aliphatic carbocycles. The highest BCUT2D eigenvalue weighted by molar-refractivity contribution is 6.04. The molecule has 1 aromatic rings. The van der Waals surface area contributed by atoms with Crippen LogP contribution in [0.1, 0.15) is 12.5 Å². The van der Waals surface area contributed by atoms with Gasteiger partial charge in [-0.3, -0.25) is 0 Å². The number of phenolic OH excluding ortho intramolecular Hbond substituents is 1. The molecule has 3 heteroatoms. The van der Waals surface area contributed by atoms with Crippen LogP contribution in [0, 0.1) is 5.92 Å². The molecule has 68 valence electrons. The molecule has 1 aliphatic rings. The van der Waals surface area contributed by atoms with Gasteiger partial charge >= 0.3 is 0 Å². The van der Waals surface area contributed by atoms with Crippen LogP contribution in [0.4, 0.5) is 0 Å². The van der Waals surface area contributed by atoms with Gasteiger partial charge in [0.2, 0.25) is 0 Å². The minimum absolute atomic E-state index is 0.303. The Labute approximate surface area is 77.1 Å². The standard InChI is InChI=1S/C10H12N2O/c1-7-6-11-12-10(7)8-4-2-3-5-9(8)13/h2-5,7,11,13H,6H2,1H3/t7-/m1/s1. The van der Waals surface area contributed by atoms with Gasteiger partial charge in [0.1, 0.15) is 5.75 Å². The molecule has 0 saturated heterocycles. The van der Waals surface area contributed by atoms with Gasteiger partial charge < -0.3 is 10.5 Å². The summed E-state index contributed by atoms with van der Waals surface area (Å²) in [4.78, 5) is 0. The minimum Gasteiger partial charge on any atom is -0.507 e. The first-order valence-corrected chi connectivity index (χ1v) is 4.38. The zero-order valence-electron chi connectivity index (χ0n) is 7.49. The minimum atomic E-state index is 0.303. The summed E-state index contributed by atoms with van der Waals surface area (Å²) in [5.41, 5.74) is 4.70. The van der Waals surface area contributed by atoms with Gasteiger partial charge in [-0.05, 0) is 12.1 Å². The van der Waals surface area contributed by atoms with Gasteiger partial charge in [-0.2, -0.15) is 5.10 Å². The summed E-state index contributed by atoms with van der Waals surface area (Å²) < 4.78 is 0. The molecule has 0 unspecified atom stereocenters. The van der Waals surface area contributed by atoms with E-state index in [-0.39, 0.29) is 0 Å². The lowest BCUT2D eigenvalue weighted by atomic mass is 9.99. The van der Waals surface area contributed by atoms with Crippen LogP contribution in [0.5, 0.6) is 5.75 Å². The summed E-state index contributed by atoms with van der Waals surface area (Å²) in [6.45, 7) is 2.94. The van der Waals surface area contributed by atoms with Crippen LogP contribution >= 0.6 is 0 Å². The van der Waals surface area contributed by atoms with Crippen molar-refractivity contribution in [3.05, 3.63) is 29.8 Å². The van der Waals surface area contributed by atoms with E-state index < -0.39 is 0 Å². The number of benzene rings is 1. The molecule has 0 spiro atoms. The molecule has 0 bridgehead atoms. The fourth-order valence-electron chi connectivity index (χ4n) is 1.49. The molecule has 0 saturated carbocycles. The van der Waals surface area contributed by atoms with Crippen LogP contribution in [0.25, 0.3) is 0 Å². The van der Waals surface area contributed by atoms with Crippen molar-refractivity contribution in [2.75, 3.05) is 6.54 Å². The first kappa shape index (κ1) is 8.10. The van der Waals surface area contributed by atoms with E-state index in [1.165, 1.54) is 0 Å². The third kappa shape index (κ3) is 1.37. The average molecular weight is 176 g/mol. The zero-order chi connectivity index (χ0) is 9.26. The molecule has 1 heterocycles. The number of hydrogen-bond acceptors (Lipinski definition) is 3. The third-order valence-electron chi connectivity index (χ3n) is 2.24. The quantitative estimate of drug-likeness (QED) is 0.678. The number of nitrogens with one attached hydrogen (secondary N) is 1. The number of phenols is 1. The van der Waals surface area contributed by atoms with Crippen molar-refractivity contribution in [1.29, 1.82) is 0 Å². The van der Waals surface area contributed by atoms with Crippen molar-refractivity contribution < 1.29 is 5.11 Å². The Morgan fingerprint density at radius 2 is 2.23 bits per heavy atom. The number of aromatic hydroxyl groups is 1. The van der Waals surface area contributed by atoms with Gasteiger partial charge in [-0.1, -0.05) is 19.1 Å². The lowest BCUT2D eigenvalue weighted by Gasteiger charge is -2.06. The van der Waals surface area contributed by atoms with Gasteiger partial charge in [0.15, 0.2) is 0 Å². The number of hydrogen-bond donors (Lipinski definition) is 2. The lowest BCUT2D eigenvalue weighted by molar-refractivity contribution is 0.474. The summed E-state index contributed by atoms with van der Waals surface area (Å²) in [7, 11) is 0. The number of para-hydroxylation sites is 1.